The van der Waals surface area contributed by atoms with Crippen LogP contribution in [-0.2, 0) is 52.4 Å². The van der Waals surface area contributed by atoms with Gasteiger partial charge in [0.05, 0.1) is 0 Å². The van der Waals surface area contributed by atoms with Crippen molar-refractivity contribution in [3.63, 3.8) is 0 Å². The fraction of sp³-hybridized carbons (Fsp3) is 0.838. The molecule has 49 heavy (non-hydrogen) atoms. The summed E-state index contributed by atoms with van der Waals surface area (Å²) in [5.41, 5.74) is 0.350. The Hall–Kier alpha value is -3.18. The first-order valence-corrected chi connectivity index (χ1v) is 18.1. The minimum Gasteiger partial charge on any atom is -0.462 e. The van der Waals surface area contributed by atoms with Crippen molar-refractivity contribution < 1.29 is 57.2 Å². The summed E-state index contributed by atoms with van der Waals surface area (Å²) in [7, 11) is 0. The Morgan fingerprint density at radius 2 is 1.39 bits per heavy atom. The molecule has 0 heterocycles. The van der Waals surface area contributed by atoms with Crippen molar-refractivity contribution in [1.82, 2.24) is 0 Å². The molecule has 0 spiro atoms. The van der Waals surface area contributed by atoms with E-state index < -0.39 is 42.9 Å². The van der Waals surface area contributed by atoms with Crippen molar-refractivity contribution in [1.29, 1.82) is 0 Å². The van der Waals surface area contributed by atoms with Gasteiger partial charge < -0.3 is 28.4 Å². The normalized spacial score (nSPS) is 32.4. The van der Waals surface area contributed by atoms with Crippen molar-refractivity contribution in [2.75, 3.05) is 20.0 Å². The second kappa shape index (κ2) is 16.7. The maximum Gasteiger partial charge on any atom is 0.511 e. The predicted molar refractivity (Wildman–Crippen MR) is 174 cm³/mol. The second-order valence-electron chi connectivity index (χ2n) is 15.5. The van der Waals surface area contributed by atoms with E-state index >= 15 is 0 Å². The van der Waals surface area contributed by atoms with Gasteiger partial charge >= 0.3 is 30.0 Å². The van der Waals surface area contributed by atoms with Gasteiger partial charge in [-0.05, 0) is 112 Å². The summed E-state index contributed by atoms with van der Waals surface area (Å²) in [6.45, 7) is 9.74. The highest BCUT2D eigenvalue weighted by molar-refractivity contribution is 5.79. The maximum atomic E-state index is 12.5. The molecule has 276 valence electrons. The van der Waals surface area contributed by atoms with Crippen LogP contribution in [0.5, 0.6) is 0 Å². The van der Waals surface area contributed by atoms with E-state index in [-0.39, 0.29) is 54.8 Å². The zero-order valence-corrected chi connectivity index (χ0v) is 30.1. The van der Waals surface area contributed by atoms with E-state index in [2.05, 4.69) is 13.8 Å². The lowest BCUT2D eigenvalue weighted by Crippen LogP contribution is -2.54. The highest BCUT2D eigenvalue weighted by Gasteiger charge is 2.61. The third kappa shape index (κ3) is 9.75. The van der Waals surface area contributed by atoms with Crippen LogP contribution >= 0.6 is 0 Å². The number of Topliss-reactive ketones (excluding diaryl/α,β-unsaturated/α-hetero) is 1. The molecule has 0 radical (unpaired) electrons. The first-order chi connectivity index (χ1) is 23.1. The average Bonchev–Trinajstić information content (AvgIpc) is 3.39. The molecule has 12 heteroatoms. The van der Waals surface area contributed by atoms with Gasteiger partial charge in [0, 0.05) is 32.6 Å². The Kier molecular flexibility index (Phi) is 13.2. The van der Waals surface area contributed by atoms with Gasteiger partial charge in [0.15, 0.2) is 6.10 Å². The van der Waals surface area contributed by atoms with E-state index in [0.717, 1.165) is 38.5 Å². The first kappa shape index (κ1) is 38.6. The number of esters is 4. The highest BCUT2D eigenvalue weighted by Crippen LogP contribution is 2.67. The number of ether oxygens (including phenoxy) is 6. The standard InChI is InChI=1S/C37H56O12/c1-22(7-12-33(41)48-28(19-44-24(3)39)20-45-25(4)40)17-34(42)46-21-47-35(43)49-27-13-15-36(5)26(18-27)8-9-29-31-11-10-30(23(2)38)37(31,6)16-14-32(29)36/h22,26-32H,7-21H2,1-6H3/t22?,26-,27+,29-,30+,31-,32-,36-,37+/m0/s1. The van der Waals surface area contributed by atoms with Crippen LogP contribution < -0.4 is 0 Å². The summed E-state index contributed by atoms with van der Waals surface area (Å²) < 4.78 is 30.8. The van der Waals surface area contributed by atoms with Gasteiger partial charge in [-0.2, -0.15) is 0 Å². The lowest BCUT2D eigenvalue weighted by molar-refractivity contribution is -0.165. The molecule has 4 aliphatic rings. The Labute approximate surface area is 290 Å². The van der Waals surface area contributed by atoms with Crippen molar-refractivity contribution >= 4 is 35.8 Å². The van der Waals surface area contributed by atoms with Crippen LogP contribution in [0, 0.1) is 46.3 Å². The molecule has 9 atom stereocenters. The predicted octanol–water partition coefficient (Wildman–Crippen LogP) is 6.10. The van der Waals surface area contributed by atoms with Crippen LogP contribution in [0.1, 0.15) is 119 Å². The summed E-state index contributed by atoms with van der Waals surface area (Å²) in [6.07, 6.45) is 7.63. The zero-order chi connectivity index (χ0) is 35.9. The van der Waals surface area contributed by atoms with Gasteiger partial charge in [0.1, 0.15) is 25.1 Å². The monoisotopic (exact) mass is 692 g/mol. The molecule has 0 aromatic heterocycles. The van der Waals surface area contributed by atoms with Gasteiger partial charge in [-0.3, -0.25) is 24.0 Å². The topological polar surface area (TPSA) is 158 Å². The molecule has 1 unspecified atom stereocenters. The van der Waals surface area contributed by atoms with Gasteiger partial charge in [0.25, 0.3) is 0 Å². The Balaban J connectivity index is 1.13. The van der Waals surface area contributed by atoms with E-state index in [0.29, 0.717) is 35.9 Å². The lowest BCUT2D eigenvalue weighted by atomic mass is 9.44. The quantitative estimate of drug-likeness (QED) is 0.117. The summed E-state index contributed by atoms with van der Waals surface area (Å²) >= 11 is 0. The van der Waals surface area contributed by atoms with Gasteiger partial charge in [-0.25, -0.2) is 4.79 Å². The van der Waals surface area contributed by atoms with Crippen molar-refractivity contribution in [2.24, 2.45) is 46.3 Å². The Bertz CT molecular complexity index is 1210. The van der Waals surface area contributed by atoms with Gasteiger partial charge in [-0.15, -0.1) is 0 Å². The van der Waals surface area contributed by atoms with Crippen LogP contribution in [0.25, 0.3) is 0 Å². The number of carbonyl (C=O) groups is 6. The van der Waals surface area contributed by atoms with Crippen molar-refractivity contribution in [2.45, 2.75) is 131 Å². The van der Waals surface area contributed by atoms with Crippen LogP contribution in [0.3, 0.4) is 0 Å². The molecule has 0 bridgehead atoms. The molecule has 12 nitrogen and oxygen atoms in total. The smallest absolute Gasteiger partial charge is 0.462 e. The number of carbonyl (C=O) groups excluding carboxylic acids is 6. The second-order valence-corrected chi connectivity index (χ2v) is 15.5. The number of hydrogen-bond acceptors (Lipinski definition) is 12. The molecule has 4 rings (SSSR count). The summed E-state index contributed by atoms with van der Waals surface area (Å²) in [4.78, 5) is 71.7. The maximum absolute atomic E-state index is 12.5. The molecular weight excluding hydrogens is 636 g/mol. The van der Waals surface area contributed by atoms with Crippen molar-refractivity contribution in [3.05, 3.63) is 0 Å². The average molecular weight is 693 g/mol. The fourth-order valence-electron chi connectivity index (χ4n) is 9.90. The van der Waals surface area contributed by atoms with Crippen molar-refractivity contribution in [3.8, 4) is 0 Å². The highest BCUT2D eigenvalue weighted by atomic mass is 16.8. The molecular formula is C37H56O12. The lowest BCUT2D eigenvalue weighted by Gasteiger charge is -2.61. The first-order valence-electron chi connectivity index (χ1n) is 18.1. The van der Waals surface area contributed by atoms with Crippen LogP contribution in [0.15, 0.2) is 0 Å². The number of hydrogen-bond donors (Lipinski definition) is 0. The summed E-state index contributed by atoms with van der Waals surface area (Å²) in [5.74, 6) is 0.449. The Morgan fingerprint density at radius 1 is 0.735 bits per heavy atom. The molecule has 0 saturated heterocycles. The Morgan fingerprint density at radius 3 is 2.04 bits per heavy atom. The van der Waals surface area contributed by atoms with E-state index in [1.807, 2.05) is 0 Å². The summed E-state index contributed by atoms with van der Waals surface area (Å²) in [5, 5.41) is 0. The number of fused-ring (bicyclic) bond motifs is 5. The van der Waals surface area contributed by atoms with E-state index in [9.17, 15) is 28.8 Å². The minimum atomic E-state index is -0.936. The van der Waals surface area contributed by atoms with Crippen LogP contribution in [0.4, 0.5) is 4.79 Å². The van der Waals surface area contributed by atoms with Crippen LogP contribution in [-0.4, -0.2) is 68.0 Å². The number of rotatable bonds is 14. The van der Waals surface area contributed by atoms with Crippen LogP contribution in [0.2, 0.25) is 0 Å². The molecule has 0 amide bonds. The summed E-state index contributed by atoms with van der Waals surface area (Å²) in [6, 6.07) is 0. The molecule has 0 N–H and O–H groups in total. The molecule has 0 aliphatic heterocycles. The zero-order valence-electron chi connectivity index (χ0n) is 30.1. The molecule has 4 saturated carbocycles. The van der Waals surface area contributed by atoms with E-state index in [1.54, 1.807) is 13.8 Å². The molecule has 0 aromatic rings. The van der Waals surface area contributed by atoms with E-state index in [4.69, 9.17) is 28.4 Å². The third-order valence-corrected chi connectivity index (χ3v) is 12.4. The van der Waals surface area contributed by atoms with Gasteiger partial charge in [0.2, 0.25) is 6.79 Å². The van der Waals surface area contributed by atoms with E-state index in [1.165, 1.54) is 33.1 Å². The largest absolute Gasteiger partial charge is 0.511 e. The van der Waals surface area contributed by atoms with Gasteiger partial charge in [-0.1, -0.05) is 20.8 Å². The SMILES string of the molecule is CC(=O)OCC(COC(C)=O)OC(=O)CCC(C)CC(=O)OCOC(=O)O[C@@H]1CC[C@@]2(C)[C@@H](CC[C@@H]3[C@@H]2CC[C@]2(C)[C@@H](C(C)=O)CC[C@@H]32)C1. The fourth-order valence-corrected chi connectivity index (χ4v) is 9.90. The molecule has 4 aliphatic carbocycles. The minimum absolute atomic E-state index is 0.00350. The molecule has 0 aromatic carbocycles. The molecule has 4 fully saturated rings. The third-order valence-electron chi connectivity index (χ3n) is 12.4. The number of ketones is 1.